The van der Waals surface area contributed by atoms with Crippen molar-refractivity contribution in [2.45, 2.75) is 31.3 Å². The molecule has 0 aromatic heterocycles. The number of fused-ring (bicyclic) bond motifs is 1. The van der Waals surface area contributed by atoms with Gasteiger partial charge in [-0.05, 0) is 59.7 Å². The minimum absolute atomic E-state index is 0.0325. The zero-order valence-corrected chi connectivity index (χ0v) is 15.6. The number of carbonyl (C=O) groups excluding carboxylic acids is 1. The van der Waals surface area contributed by atoms with Gasteiger partial charge in [0.2, 0.25) is 0 Å². The SMILES string of the molecule is O=C(/C=C/c1ccc2c(c1)CCC2NC(CO)Cc1ccc(Cl)cc1)NO. The molecular weight excluding hydrogens is 364 g/mol. The standard InChI is InChI=1S/C21H23ClN2O3/c22-17-6-1-15(2-7-17)12-18(13-25)23-20-9-5-16-11-14(3-8-19(16)20)4-10-21(26)24-27/h1-4,6-8,10-11,18,20,23,25,27H,5,9,12-13H2,(H,24,26)/b10-4+. The van der Waals surface area contributed by atoms with Crippen LogP contribution in [0, 0.1) is 0 Å². The van der Waals surface area contributed by atoms with Crippen molar-refractivity contribution in [1.29, 1.82) is 0 Å². The van der Waals surface area contributed by atoms with E-state index in [1.165, 1.54) is 17.2 Å². The first-order valence-electron chi connectivity index (χ1n) is 8.95. The molecule has 4 N–H and O–H groups in total. The van der Waals surface area contributed by atoms with E-state index in [-0.39, 0.29) is 18.7 Å². The van der Waals surface area contributed by atoms with E-state index in [2.05, 4.69) is 17.4 Å². The summed E-state index contributed by atoms with van der Waals surface area (Å²) in [5.41, 5.74) is 6.09. The summed E-state index contributed by atoms with van der Waals surface area (Å²) in [5.74, 6) is -0.553. The number of hydrogen-bond donors (Lipinski definition) is 4. The quantitative estimate of drug-likeness (QED) is 0.335. The Morgan fingerprint density at radius 2 is 2.04 bits per heavy atom. The Bertz CT molecular complexity index is 821. The highest BCUT2D eigenvalue weighted by Crippen LogP contribution is 2.32. The van der Waals surface area contributed by atoms with Gasteiger partial charge in [-0.25, -0.2) is 5.48 Å². The first-order chi connectivity index (χ1) is 13.1. The van der Waals surface area contributed by atoms with Crippen LogP contribution in [0.25, 0.3) is 6.08 Å². The van der Waals surface area contributed by atoms with Crippen molar-refractivity contribution >= 4 is 23.6 Å². The molecule has 0 saturated heterocycles. The van der Waals surface area contributed by atoms with E-state index < -0.39 is 5.91 Å². The molecule has 27 heavy (non-hydrogen) atoms. The van der Waals surface area contributed by atoms with Gasteiger partial charge in [0.25, 0.3) is 5.91 Å². The predicted octanol–water partition coefficient (Wildman–Crippen LogP) is 3.04. The Balaban J connectivity index is 1.66. The topological polar surface area (TPSA) is 81.6 Å². The van der Waals surface area contributed by atoms with Crippen molar-refractivity contribution in [2.75, 3.05) is 6.61 Å². The largest absolute Gasteiger partial charge is 0.395 e. The Morgan fingerprint density at radius 1 is 1.26 bits per heavy atom. The monoisotopic (exact) mass is 386 g/mol. The number of hydrogen-bond acceptors (Lipinski definition) is 4. The zero-order chi connectivity index (χ0) is 19.2. The van der Waals surface area contributed by atoms with E-state index in [1.54, 1.807) is 11.6 Å². The van der Waals surface area contributed by atoms with Gasteiger partial charge in [-0.2, -0.15) is 0 Å². The van der Waals surface area contributed by atoms with Crippen LogP contribution in [0.5, 0.6) is 0 Å². The van der Waals surface area contributed by atoms with Crippen LogP contribution in [-0.2, 0) is 17.6 Å². The highest BCUT2D eigenvalue weighted by atomic mass is 35.5. The average Bonchev–Trinajstić information content (AvgIpc) is 3.09. The van der Waals surface area contributed by atoms with Crippen LogP contribution >= 0.6 is 11.6 Å². The second kappa shape index (κ2) is 9.15. The van der Waals surface area contributed by atoms with Gasteiger partial charge in [0, 0.05) is 23.2 Å². The number of carbonyl (C=O) groups is 1. The molecule has 2 aromatic rings. The van der Waals surface area contributed by atoms with Crippen LogP contribution in [0.15, 0.2) is 48.5 Å². The van der Waals surface area contributed by atoms with Gasteiger partial charge >= 0.3 is 0 Å². The predicted molar refractivity (Wildman–Crippen MR) is 106 cm³/mol. The van der Waals surface area contributed by atoms with Gasteiger partial charge in [-0.15, -0.1) is 0 Å². The fourth-order valence-corrected chi connectivity index (χ4v) is 3.62. The second-order valence-corrected chi connectivity index (χ2v) is 7.17. The Hall–Kier alpha value is -2.18. The van der Waals surface area contributed by atoms with Crippen molar-refractivity contribution in [1.82, 2.24) is 10.8 Å². The first kappa shape index (κ1) is 19.6. The normalized spacial score (nSPS) is 17.1. The number of aryl methyl sites for hydroxylation is 1. The average molecular weight is 387 g/mol. The molecule has 3 rings (SSSR count). The van der Waals surface area contributed by atoms with Crippen LogP contribution < -0.4 is 10.8 Å². The molecule has 1 aliphatic carbocycles. The van der Waals surface area contributed by atoms with Crippen LogP contribution in [0.3, 0.4) is 0 Å². The molecule has 1 aliphatic rings. The zero-order valence-electron chi connectivity index (χ0n) is 14.9. The maximum Gasteiger partial charge on any atom is 0.267 e. The Morgan fingerprint density at radius 3 is 2.74 bits per heavy atom. The summed E-state index contributed by atoms with van der Waals surface area (Å²) < 4.78 is 0. The third kappa shape index (κ3) is 5.17. The summed E-state index contributed by atoms with van der Waals surface area (Å²) in [5, 5.41) is 22.6. The molecule has 0 bridgehead atoms. The first-order valence-corrected chi connectivity index (χ1v) is 9.33. The number of nitrogens with one attached hydrogen (secondary N) is 2. The highest BCUT2D eigenvalue weighted by molar-refractivity contribution is 6.30. The lowest BCUT2D eigenvalue weighted by atomic mass is 10.0. The molecule has 2 unspecified atom stereocenters. The summed E-state index contributed by atoms with van der Waals surface area (Å²) in [6, 6.07) is 13.9. The molecule has 5 nitrogen and oxygen atoms in total. The lowest BCUT2D eigenvalue weighted by Gasteiger charge is -2.22. The van der Waals surface area contributed by atoms with Crippen molar-refractivity contribution < 1.29 is 15.1 Å². The number of benzene rings is 2. The van der Waals surface area contributed by atoms with Crippen molar-refractivity contribution in [3.8, 4) is 0 Å². The number of aliphatic hydroxyl groups excluding tert-OH is 1. The minimum atomic E-state index is -0.553. The van der Waals surface area contributed by atoms with E-state index in [9.17, 15) is 9.90 Å². The second-order valence-electron chi connectivity index (χ2n) is 6.74. The highest BCUT2D eigenvalue weighted by Gasteiger charge is 2.24. The van der Waals surface area contributed by atoms with Crippen LogP contribution in [-0.4, -0.2) is 28.9 Å². The molecule has 2 atom stereocenters. The summed E-state index contributed by atoms with van der Waals surface area (Å²) >= 11 is 5.93. The molecular formula is C21H23ClN2O3. The molecule has 0 aliphatic heterocycles. The number of halogens is 1. The van der Waals surface area contributed by atoms with Gasteiger partial charge in [0.05, 0.1) is 6.61 Å². The molecule has 0 spiro atoms. The van der Waals surface area contributed by atoms with E-state index >= 15 is 0 Å². The van der Waals surface area contributed by atoms with Gasteiger partial charge in [0.15, 0.2) is 0 Å². The van der Waals surface area contributed by atoms with Crippen LogP contribution in [0.4, 0.5) is 0 Å². The Kier molecular flexibility index (Phi) is 6.63. The number of aliphatic hydroxyl groups is 1. The van der Waals surface area contributed by atoms with Crippen LogP contribution in [0.2, 0.25) is 5.02 Å². The van der Waals surface area contributed by atoms with E-state index in [0.717, 1.165) is 30.4 Å². The van der Waals surface area contributed by atoms with Gasteiger partial charge < -0.3 is 10.4 Å². The van der Waals surface area contributed by atoms with Crippen molar-refractivity contribution in [3.05, 3.63) is 75.8 Å². The molecule has 0 radical (unpaired) electrons. The fourth-order valence-electron chi connectivity index (χ4n) is 3.49. The summed E-state index contributed by atoms with van der Waals surface area (Å²) in [7, 11) is 0. The third-order valence-electron chi connectivity index (χ3n) is 4.83. The molecule has 6 heteroatoms. The van der Waals surface area contributed by atoms with Gasteiger partial charge in [-0.3, -0.25) is 10.0 Å². The van der Waals surface area contributed by atoms with E-state index in [1.807, 2.05) is 30.3 Å². The molecule has 2 aromatic carbocycles. The third-order valence-corrected chi connectivity index (χ3v) is 5.09. The lowest BCUT2D eigenvalue weighted by Crippen LogP contribution is -2.36. The molecule has 142 valence electrons. The van der Waals surface area contributed by atoms with Gasteiger partial charge in [-0.1, -0.05) is 41.9 Å². The summed E-state index contributed by atoms with van der Waals surface area (Å²) in [4.78, 5) is 11.1. The Labute approximate surface area is 163 Å². The van der Waals surface area contributed by atoms with Crippen LogP contribution in [0.1, 0.15) is 34.7 Å². The lowest BCUT2D eigenvalue weighted by molar-refractivity contribution is -0.124. The summed E-state index contributed by atoms with van der Waals surface area (Å²) in [6.07, 6.45) is 5.61. The van der Waals surface area contributed by atoms with Gasteiger partial charge in [0.1, 0.15) is 0 Å². The maximum absolute atomic E-state index is 11.1. The van der Waals surface area contributed by atoms with E-state index in [4.69, 9.17) is 16.8 Å². The minimum Gasteiger partial charge on any atom is -0.395 e. The number of rotatable bonds is 7. The molecule has 0 saturated carbocycles. The van der Waals surface area contributed by atoms with E-state index in [0.29, 0.717) is 5.02 Å². The number of hydroxylamine groups is 1. The van der Waals surface area contributed by atoms with Crippen molar-refractivity contribution in [3.63, 3.8) is 0 Å². The number of amides is 1. The molecule has 1 amide bonds. The smallest absolute Gasteiger partial charge is 0.267 e. The fraction of sp³-hybridized carbons (Fsp3) is 0.286. The summed E-state index contributed by atoms with van der Waals surface area (Å²) in [6.45, 7) is 0.0611. The molecule has 0 fully saturated rings. The maximum atomic E-state index is 11.1. The molecule has 0 heterocycles. The van der Waals surface area contributed by atoms with Crippen molar-refractivity contribution in [2.24, 2.45) is 0 Å².